The Labute approximate surface area is 165 Å². The normalized spacial score (nSPS) is 11.3. The van der Waals surface area contributed by atoms with Crippen molar-refractivity contribution in [3.63, 3.8) is 0 Å². The minimum atomic E-state index is 0.00766. The van der Waals surface area contributed by atoms with Gasteiger partial charge in [-0.3, -0.25) is 4.79 Å². The van der Waals surface area contributed by atoms with Gasteiger partial charge in [-0.1, -0.05) is 35.9 Å². The summed E-state index contributed by atoms with van der Waals surface area (Å²) in [6.45, 7) is 2.38. The van der Waals surface area contributed by atoms with E-state index in [1.54, 1.807) is 12.1 Å². The number of imidazole rings is 1. The molecule has 0 bridgehead atoms. The molecule has 1 amide bonds. The summed E-state index contributed by atoms with van der Waals surface area (Å²) in [7, 11) is 4.13. The van der Waals surface area contributed by atoms with Crippen LogP contribution in [-0.2, 0) is 24.2 Å². The van der Waals surface area contributed by atoms with E-state index in [4.69, 9.17) is 16.6 Å². The second-order valence-electron chi connectivity index (χ2n) is 6.87. The average molecular weight is 385 g/mol. The number of hydrogen-bond donors (Lipinski definition) is 1. The van der Waals surface area contributed by atoms with E-state index in [2.05, 4.69) is 34.9 Å². The van der Waals surface area contributed by atoms with Crippen LogP contribution in [0.15, 0.2) is 48.5 Å². The van der Waals surface area contributed by atoms with E-state index in [0.717, 1.165) is 35.5 Å². The number of nitrogens with one attached hydrogen (secondary N) is 1. The van der Waals surface area contributed by atoms with E-state index in [-0.39, 0.29) is 5.91 Å². The summed E-state index contributed by atoms with van der Waals surface area (Å²) in [6.07, 6.45) is 1.06. The van der Waals surface area contributed by atoms with Crippen molar-refractivity contribution in [2.45, 2.75) is 19.4 Å². The molecule has 0 aliphatic carbocycles. The van der Waals surface area contributed by atoms with Gasteiger partial charge in [-0.05, 0) is 43.9 Å². The molecule has 6 heteroatoms. The van der Waals surface area contributed by atoms with Crippen LogP contribution in [0.4, 0.5) is 0 Å². The van der Waals surface area contributed by atoms with Gasteiger partial charge in [-0.2, -0.15) is 0 Å². The summed E-state index contributed by atoms with van der Waals surface area (Å²) < 4.78 is 2.25. The summed E-state index contributed by atoms with van der Waals surface area (Å²) in [4.78, 5) is 19.1. The highest BCUT2D eigenvalue weighted by molar-refractivity contribution is 6.30. The highest BCUT2D eigenvalue weighted by Crippen LogP contribution is 2.16. The topological polar surface area (TPSA) is 50.2 Å². The molecule has 1 N–H and O–H groups in total. The van der Waals surface area contributed by atoms with E-state index < -0.39 is 0 Å². The van der Waals surface area contributed by atoms with Crippen LogP contribution in [0.5, 0.6) is 0 Å². The Hall–Kier alpha value is -2.37. The maximum Gasteiger partial charge on any atom is 0.224 e. The molecule has 1 aromatic heterocycles. The predicted molar refractivity (Wildman–Crippen MR) is 110 cm³/mol. The molecule has 0 spiro atoms. The number of likely N-dealkylation sites (N-methyl/N-ethyl adjacent to an activating group) is 1. The van der Waals surface area contributed by atoms with Crippen molar-refractivity contribution in [3.05, 3.63) is 64.9 Å². The van der Waals surface area contributed by atoms with Crippen molar-refractivity contribution < 1.29 is 4.79 Å². The molecule has 0 radical (unpaired) electrons. The van der Waals surface area contributed by atoms with E-state index in [1.807, 2.05) is 30.3 Å². The molecule has 0 atom stereocenters. The van der Waals surface area contributed by atoms with E-state index in [0.29, 0.717) is 24.4 Å². The van der Waals surface area contributed by atoms with Gasteiger partial charge < -0.3 is 14.8 Å². The first kappa shape index (κ1) is 19.4. The van der Waals surface area contributed by atoms with Crippen LogP contribution < -0.4 is 5.32 Å². The molecule has 0 fully saturated rings. The van der Waals surface area contributed by atoms with Crippen LogP contribution in [-0.4, -0.2) is 47.5 Å². The van der Waals surface area contributed by atoms with E-state index in [1.165, 1.54) is 0 Å². The maximum atomic E-state index is 12.2. The number of amides is 1. The summed E-state index contributed by atoms with van der Waals surface area (Å²) in [5.74, 6) is 1.01. The van der Waals surface area contributed by atoms with Crippen molar-refractivity contribution in [2.75, 3.05) is 27.2 Å². The smallest absolute Gasteiger partial charge is 0.224 e. The molecular weight excluding hydrogens is 360 g/mol. The molecular formula is C21H25ClN4O. The van der Waals surface area contributed by atoms with Crippen LogP contribution in [0.2, 0.25) is 5.02 Å². The number of rotatable bonds is 8. The molecule has 5 nitrogen and oxygen atoms in total. The van der Waals surface area contributed by atoms with Crippen LogP contribution in [0.3, 0.4) is 0 Å². The Morgan fingerprint density at radius 1 is 1.15 bits per heavy atom. The molecule has 1 heterocycles. The van der Waals surface area contributed by atoms with Crippen molar-refractivity contribution in [1.82, 2.24) is 19.8 Å². The molecule has 3 rings (SSSR count). The third-order valence-electron chi connectivity index (χ3n) is 4.45. The average Bonchev–Trinajstić information content (AvgIpc) is 2.99. The van der Waals surface area contributed by atoms with Gasteiger partial charge in [-0.25, -0.2) is 4.98 Å². The lowest BCUT2D eigenvalue weighted by Gasteiger charge is -2.13. The molecule has 0 saturated heterocycles. The van der Waals surface area contributed by atoms with Crippen molar-refractivity contribution >= 4 is 28.5 Å². The predicted octanol–water partition coefficient (Wildman–Crippen LogP) is 3.15. The second kappa shape index (κ2) is 9.02. The number of carbonyl (C=O) groups excluding carboxylic acids is 1. The van der Waals surface area contributed by atoms with Crippen molar-refractivity contribution in [2.24, 2.45) is 0 Å². The lowest BCUT2D eigenvalue weighted by molar-refractivity contribution is -0.120. The minimum Gasteiger partial charge on any atom is -0.355 e. The van der Waals surface area contributed by atoms with Crippen molar-refractivity contribution in [3.8, 4) is 0 Å². The number of halogens is 1. The van der Waals surface area contributed by atoms with Crippen molar-refractivity contribution in [1.29, 1.82) is 0 Å². The second-order valence-corrected chi connectivity index (χ2v) is 7.31. The first-order valence-electron chi connectivity index (χ1n) is 9.13. The Morgan fingerprint density at radius 2 is 1.89 bits per heavy atom. The Kier molecular flexibility index (Phi) is 6.48. The number of carbonyl (C=O) groups is 1. The lowest BCUT2D eigenvalue weighted by Crippen LogP contribution is -2.28. The number of para-hydroxylation sites is 2. The molecule has 142 valence electrons. The Bertz CT molecular complexity index is 902. The third kappa shape index (κ3) is 5.31. The summed E-state index contributed by atoms with van der Waals surface area (Å²) >= 11 is 5.88. The van der Waals surface area contributed by atoms with Gasteiger partial charge in [0.25, 0.3) is 0 Å². The van der Waals surface area contributed by atoms with Crippen LogP contribution in [0.25, 0.3) is 11.0 Å². The van der Waals surface area contributed by atoms with Gasteiger partial charge in [-0.15, -0.1) is 0 Å². The largest absolute Gasteiger partial charge is 0.355 e. The zero-order chi connectivity index (χ0) is 19.2. The molecule has 27 heavy (non-hydrogen) atoms. The van der Waals surface area contributed by atoms with E-state index >= 15 is 0 Å². The number of hydrogen-bond acceptors (Lipinski definition) is 3. The fraction of sp³-hybridized carbons (Fsp3) is 0.333. The SMILES string of the molecule is CN(C)CCn1c(CCNC(=O)Cc2ccc(Cl)cc2)nc2ccccc21. The maximum absolute atomic E-state index is 12.2. The first-order chi connectivity index (χ1) is 13.0. The lowest BCUT2D eigenvalue weighted by atomic mass is 10.1. The fourth-order valence-electron chi connectivity index (χ4n) is 3.03. The van der Waals surface area contributed by atoms with Gasteiger partial charge in [0.05, 0.1) is 17.5 Å². The Morgan fingerprint density at radius 3 is 2.63 bits per heavy atom. The standard InChI is InChI=1S/C21H25ClN4O/c1-25(2)13-14-26-19-6-4-3-5-18(19)24-20(26)11-12-23-21(27)15-16-7-9-17(22)10-8-16/h3-10H,11-15H2,1-2H3,(H,23,27). The zero-order valence-electron chi connectivity index (χ0n) is 15.8. The zero-order valence-corrected chi connectivity index (χ0v) is 16.5. The quantitative estimate of drug-likeness (QED) is 0.649. The fourth-order valence-corrected chi connectivity index (χ4v) is 3.16. The van der Waals surface area contributed by atoms with Gasteiger partial charge in [0.1, 0.15) is 5.82 Å². The monoisotopic (exact) mass is 384 g/mol. The highest BCUT2D eigenvalue weighted by Gasteiger charge is 2.11. The van der Waals surface area contributed by atoms with Crippen LogP contribution >= 0.6 is 11.6 Å². The molecule has 0 aliphatic heterocycles. The molecule has 2 aromatic carbocycles. The van der Waals surface area contributed by atoms with Gasteiger partial charge in [0.15, 0.2) is 0 Å². The molecule has 0 aliphatic rings. The van der Waals surface area contributed by atoms with Crippen LogP contribution in [0.1, 0.15) is 11.4 Å². The van der Waals surface area contributed by atoms with Gasteiger partial charge in [0.2, 0.25) is 5.91 Å². The molecule has 3 aromatic rings. The Balaban J connectivity index is 1.61. The summed E-state index contributed by atoms with van der Waals surface area (Å²) in [6, 6.07) is 15.5. The molecule has 0 unspecified atom stereocenters. The molecule has 0 saturated carbocycles. The van der Waals surface area contributed by atoms with E-state index in [9.17, 15) is 4.79 Å². The van der Waals surface area contributed by atoms with Gasteiger partial charge in [0, 0.05) is 31.1 Å². The first-order valence-corrected chi connectivity index (χ1v) is 9.51. The van der Waals surface area contributed by atoms with Crippen LogP contribution in [0, 0.1) is 0 Å². The summed E-state index contributed by atoms with van der Waals surface area (Å²) in [5.41, 5.74) is 3.09. The summed E-state index contributed by atoms with van der Waals surface area (Å²) in [5, 5.41) is 3.67. The highest BCUT2D eigenvalue weighted by atomic mass is 35.5. The minimum absolute atomic E-state index is 0.00766. The van der Waals surface area contributed by atoms with Gasteiger partial charge >= 0.3 is 0 Å². The number of nitrogens with zero attached hydrogens (tertiary/aromatic N) is 3. The third-order valence-corrected chi connectivity index (χ3v) is 4.71. The number of fused-ring (bicyclic) bond motifs is 1. The number of benzene rings is 2. The number of aromatic nitrogens is 2.